The molecule has 82 valence electrons. The number of hydrogen-bond acceptors (Lipinski definition) is 2. The van der Waals surface area contributed by atoms with Gasteiger partial charge in [0.1, 0.15) is 0 Å². The summed E-state index contributed by atoms with van der Waals surface area (Å²) in [6.45, 7) is 0. The molecule has 1 aliphatic carbocycles. The molecule has 0 spiro atoms. The molecule has 0 saturated heterocycles. The van der Waals surface area contributed by atoms with Crippen LogP contribution in [0.1, 0.15) is 24.2 Å². The van der Waals surface area contributed by atoms with Crippen LogP contribution in [0.3, 0.4) is 0 Å². The molecule has 16 heavy (non-hydrogen) atoms. The number of aryl methyl sites for hydroxylation is 2. The van der Waals surface area contributed by atoms with Crippen molar-refractivity contribution in [3.63, 3.8) is 0 Å². The predicted octanol–water partition coefficient (Wildman–Crippen LogP) is 3.82. The van der Waals surface area contributed by atoms with Gasteiger partial charge in [0.05, 0.1) is 32.5 Å². The van der Waals surface area contributed by atoms with Crippen molar-refractivity contribution in [3.05, 3.63) is 33.6 Å². The van der Waals surface area contributed by atoms with Crippen LogP contribution in [-0.2, 0) is 12.8 Å². The molecule has 0 aliphatic heterocycles. The number of fused-ring (bicyclic) bond motifs is 2. The lowest BCUT2D eigenvalue weighted by molar-refractivity contribution is 0.655. The van der Waals surface area contributed by atoms with Crippen LogP contribution >= 0.6 is 23.2 Å². The summed E-state index contributed by atoms with van der Waals surface area (Å²) in [5, 5.41) is 1.08. The normalized spacial score (nSPS) is 15.1. The molecule has 0 radical (unpaired) electrons. The fraction of sp³-hybridized carbons (Fsp3) is 0.333. The van der Waals surface area contributed by atoms with Crippen molar-refractivity contribution in [2.24, 2.45) is 0 Å². The summed E-state index contributed by atoms with van der Waals surface area (Å²) in [7, 11) is 0. The molecular formula is C12H10Cl2N2. The van der Waals surface area contributed by atoms with E-state index in [2.05, 4.69) is 9.97 Å². The zero-order valence-electron chi connectivity index (χ0n) is 8.63. The van der Waals surface area contributed by atoms with Crippen molar-refractivity contribution >= 4 is 34.2 Å². The maximum atomic E-state index is 5.97. The third-order valence-electron chi connectivity index (χ3n) is 2.94. The highest BCUT2D eigenvalue weighted by Gasteiger charge is 2.14. The minimum absolute atomic E-state index is 0.541. The summed E-state index contributed by atoms with van der Waals surface area (Å²) in [6, 6.07) is 3.59. The van der Waals surface area contributed by atoms with Crippen LogP contribution in [0, 0.1) is 0 Å². The van der Waals surface area contributed by atoms with Gasteiger partial charge in [0.25, 0.3) is 0 Å². The van der Waals surface area contributed by atoms with E-state index in [1.807, 2.05) is 0 Å². The Morgan fingerprint density at radius 1 is 0.812 bits per heavy atom. The Balaban J connectivity index is 2.27. The van der Waals surface area contributed by atoms with Crippen molar-refractivity contribution < 1.29 is 0 Å². The zero-order valence-corrected chi connectivity index (χ0v) is 10.1. The van der Waals surface area contributed by atoms with Gasteiger partial charge in [-0.25, -0.2) is 9.97 Å². The maximum absolute atomic E-state index is 5.97. The Kier molecular flexibility index (Phi) is 2.49. The number of rotatable bonds is 0. The minimum atomic E-state index is 0.541. The molecule has 0 unspecified atom stereocenters. The average molecular weight is 253 g/mol. The SMILES string of the molecule is Clc1cc2nc3c(nc2cc1Cl)CCCC3. The van der Waals surface area contributed by atoms with E-state index in [9.17, 15) is 0 Å². The molecule has 4 heteroatoms. The van der Waals surface area contributed by atoms with Gasteiger partial charge in [-0.3, -0.25) is 0 Å². The van der Waals surface area contributed by atoms with Crippen LogP contribution < -0.4 is 0 Å². The Bertz CT molecular complexity index is 516. The van der Waals surface area contributed by atoms with Crippen molar-refractivity contribution in [1.29, 1.82) is 0 Å². The third kappa shape index (κ3) is 1.66. The molecule has 1 aliphatic rings. The standard InChI is InChI=1S/C12H10Cl2N2/c13-7-5-11-12(6-8(7)14)16-10-4-2-1-3-9(10)15-11/h5-6H,1-4H2. The highest BCUT2D eigenvalue weighted by Crippen LogP contribution is 2.28. The zero-order chi connectivity index (χ0) is 11.1. The number of benzene rings is 1. The van der Waals surface area contributed by atoms with Crippen LogP contribution in [0.5, 0.6) is 0 Å². The first kappa shape index (κ1) is 10.3. The molecule has 0 bridgehead atoms. The molecule has 0 saturated carbocycles. The van der Waals surface area contributed by atoms with Gasteiger partial charge in [-0.1, -0.05) is 23.2 Å². The van der Waals surface area contributed by atoms with Gasteiger partial charge in [0, 0.05) is 0 Å². The number of halogens is 2. The van der Waals surface area contributed by atoms with Gasteiger partial charge in [-0.2, -0.15) is 0 Å². The lowest BCUT2D eigenvalue weighted by atomic mass is 10.0. The summed E-state index contributed by atoms with van der Waals surface area (Å²) in [5.41, 5.74) is 3.93. The number of nitrogens with zero attached hydrogens (tertiary/aromatic N) is 2. The van der Waals surface area contributed by atoms with Gasteiger partial charge < -0.3 is 0 Å². The summed E-state index contributed by atoms with van der Waals surface area (Å²) in [5.74, 6) is 0. The fourth-order valence-corrected chi connectivity index (χ4v) is 2.43. The molecule has 1 aromatic carbocycles. The van der Waals surface area contributed by atoms with E-state index >= 15 is 0 Å². The number of aromatic nitrogens is 2. The predicted molar refractivity (Wildman–Crippen MR) is 66.2 cm³/mol. The Hall–Kier alpha value is -0.860. The molecule has 2 aromatic rings. The monoisotopic (exact) mass is 252 g/mol. The molecule has 1 heterocycles. The van der Waals surface area contributed by atoms with Crippen molar-refractivity contribution in [2.45, 2.75) is 25.7 Å². The largest absolute Gasteiger partial charge is 0.249 e. The van der Waals surface area contributed by atoms with Gasteiger partial charge in [0.2, 0.25) is 0 Å². The lowest BCUT2D eigenvalue weighted by Crippen LogP contribution is -2.08. The second kappa shape index (κ2) is 3.86. The highest BCUT2D eigenvalue weighted by atomic mass is 35.5. The third-order valence-corrected chi connectivity index (χ3v) is 3.66. The fourth-order valence-electron chi connectivity index (χ4n) is 2.11. The van der Waals surface area contributed by atoms with Gasteiger partial charge in [-0.15, -0.1) is 0 Å². The number of hydrogen-bond donors (Lipinski definition) is 0. The van der Waals surface area contributed by atoms with Crippen LogP contribution in [0.2, 0.25) is 10.0 Å². The van der Waals surface area contributed by atoms with E-state index in [0.29, 0.717) is 10.0 Å². The van der Waals surface area contributed by atoms with E-state index in [1.165, 1.54) is 12.8 Å². The Labute approximate surface area is 104 Å². The highest BCUT2D eigenvalue weighted by molar-refractivity contribution is 6.42. The summed E-state index contributed by atoms with van der Waals surface area (Å²) in [4.78, 5) is 9.22. The smallest absolute Gasteiger partial charge is 0.0906 e. The molecule has 1 aromatic heterocycles. The summed E-state index contributed by atoms with van der Waals surface area (Å²) < 4.78 is 0. The van der Waals surface area contributed by atoms with E-state index in [0.717, 1.165) is 35.3 Å². The second-order valence-corrected chi connectivity index (χ2v) is 4.89. The molecule has 3 rings (SSSR count). The van der Waals surface area contributed by atoms with Crippen molar-refractivity contribution in [2.75, 3.05) is 0 Å². The van der Waals surface area contributed by atoms with Crippen molar-refractivity contribution in [3.8, 4) is 0 Å². The summed E-state index contributed by atoms with van der Waals surface area (Å²) >= 11 is 11.9. The maximum Gasteiger partial charge on any atom is 0.0906 e. The summed E-state index contributed by atoms with van der Waals surface area (Å²) in [6.07, 6.45) is 4.46. The average Bonchev–Trinajstić information content (AvgIpc) is 2.28. The van der Waals surface area contributed by atoms with Crippen molar-refractivity contribution in [1.82, 2.24) is 9.97 Å². The minimum Gasteiger partial charge on any atom is -0.249 e. The van der Waals surface area contributed by atoms with E-state index in [4.69, 9.17) is 23.2 Å². The van der Waals surface area contributed by atoms with Crippen LogP contribution in [0.15, 0.2) is 12.1 Å². The molecule has 0 fully saturated rings. The molecule has 0 atom stereocenters. The van der Waals surface area contributed by atoms with Gasteiger partial charge in [0.15, 0.2) is 0 Å². The van der Waals surface area contributed by atoms with E-state index in [-0.39, 0.29) is 0 Å². The van der Waals surface area contributed by atoms with Gasteiger partial charge >= 0.3 is 0 Å². The van der Waals surface area contributed by atoms with Crippen LogP contribution in [0.25, 0.3) is 11.0 Å². The van der Waals surface area contributed by atoms with E-state index < -0.39 is 0 Å². The molecule has 0 amide bonds. The molecule has 0 N–H and O–H groups in total. The molecule has 2 nitrogen and oxygen atoms in total. The first-order valence-corrected chi connectivity index (χ1v) is 6.14. The van der Waals surface area contributed by atoms with Crippen LogP contribution in [0.4, 0.5) is 0 Å². The Morgan fingerprint density at radius 2 is 1.25 bits per heavy atom. The molecular weight excluding hydrogens is 243 g/mol. The Morgan fingerprint density at radius 3 is 1.69 bits per heavy atom. The lowest BCUT2D eigenvalue weighted by Gasteiger charge is -2.14. The topological polar surface area (TPSA) is 25.8 Å². The first-order valence-electron chi connectivity index (χ1n) is 5.38. The van der Waals surface area contributed by atoms with E-state index in [1.54, 1.807) is 12.1 Å². The quantitative estimate of drug-likeness (QED) is 0.713. The van der Waals surface area contributed by atoms with Crippen LogP contribution in [-0.4, -0.2) is 9.97 Å². The second-order valence-electron chi connectivity index (χ2n) is 4.08. The first-order chi connectivity index (χ1) is 7.74. The van der Waals surface area contributed by atoms with Gasteiger partial charge in [-0.05, 0) is 37.8 Å².